The molecule has 0 N–H and O–H groups in total. The predicted octanol–water partition coefficient (Wildman–Crippen LogP) is 2.30. The summed E-state index contributed by atoms with van der Waals surface area (Å²) in [6, 6.07) is 6.23. The van der Waals surface area contributed by atoms with Crippen molar-refractivity contribution < 1.29 is 9.47 Å². The van der Waals surface area contributed by atoms with Gasteiger partial charge in [0.15, 0.2) is 5.82 Å². The highest BCUT2D eigenvalue weighted by Crippen LogP contribution is 2.40. The van der Waals surface area contributed by atoms with Crippen molar-refractivity contribution in [1.29, 1.82) is 0 Å². The Morgan fingerprint density at radius 1 is 1.22 bits per heavy atom. The van der Waals surface area contributed by atoms with Gasteiger partial charge in [-0.2, -0.15) is 0 Å². The Kier molecular flexibility index (Phi) is 2.66. The molecule has 3 rings (SSSR count). The highest BCUT2D eigenvalue weighted by Gasteiger charge is 2.27. The van der Waals surface area contributed by atoms with Crippen LogP contribution in [0.15, 0.2) is 24.5 Å². The summed E-state index contributed by atoms with van der Waals surface area (Å²) in [6.45, 7) is 0. The van der Waals surface area contributed by atoms with E-state index < -0.39 is 0 Å². The molecule has 0 spiro atoms. The normalized spacial score (nSPS) is 14.6. The van der Waals surface area contributed by atoms with E-state index in [0.29, 0.717) is 6.04 Å². The van der Waals surface area contributed by atoms with Gasteiger partial charge in [0.2, 0.25) is 0 Å². The summed E-state index contributed by atoms with van der Waals surface area (Å²) in [5.41, 5.74) is 0.918. The summed E-state index contributed by atoms with van der Waals surface area (Å²) >= 11 is 0. The molecule has 0 amide bonds. The maximum absolute atomic E-state index is 5.39. The smallest absolute Gasteiger partial charge is 0.167 e. The van der Waals surface area contributed by atoms with Gasteiger partial charge in [0.05, 0.1) is 19.8 Å². The van der Waals surface area contributed by atoms with Gasteiger partial charge in [-0.25, -0.2) is 0 Å². The number of methoxy groups -OCH3 is 2. The van der Waals surface area contributed by atoms with E-state index in [0.717, 1.165) is 22.9 Å². The zero-order valence-corrected chi connectivity index (χ0v) is 10.5. The molecule has 1 aliphatic rings. The molecule has 1 heterocycles. The first-order valence-corrected chi connectivity index (χ1v) is 5.95. The lowest BCUT2D eigenvalue weighted by molar-refractivity contribution is 0.404. The van der Waals surface area contributed by atoms with Gasteiger partial charge in [-0.3, -0.25) is 0 Å². The number of hydrogen-bond donors (Lipinski definition) is 0. The maximum atomic E-state index is 5.39. The summed E-state index contributed by atoms with van der Waals surface area (Å²) in [7, 11) is 3.31. The van der Waals surface area contributed by atoms with Crippen molar-refractivity contribution in [2.24, 2.45) is 0 Å². The highest BCUT2D eigenvalue weighted by molar-refractivity contribution is 5.66. The molecule has 0 bridgehead atoms. The molecule has 2 aromatic rings. The number of hydrogen-bond acceptors (Lipinski definition) is 4. The first kappa shape index (κ1) is 11.1. The minimum atomic E-state index is 0.533. The minimum absolute atomic E-state index is 0.533. The molecule has 94 valence electrons. The predicted molar refractivity (Wildman–Crippen MR) is 66.8 cm³/mol. The van der Waals surface area contributed by atoms with Gasteiger partial charge in [-0.15, -0.1) is 10.2 Å². The third kappa shape index (κ3) is 1.81. The first-order chi connectivity index (χ1) is 8.83. The summed E-state index contributed by atoms with van der Waals surface area (Å²) in [6.07, 6.45) is 4.17. The average Bonchev–Trinajstić information content (AvgIpc) is 3.15. The van der Waals surface area contributed by atoms with Gasteiger partial charge < -0.3 is 14.0 Å². The van der Waals surface area contributed by atoms with Gasteiger partial charge in [-0.05, 0) is 31.0 Å². The molecule has 5 heteroatoms. The van der Waals surface area contributed by atoms with Crippen molar-refractivity contribution in [2.75, 3.05) is 14.2 Å². The SMILES string of the molecule is COc1ccc(OC)c(-c2nncn2C2CC2)c1. The van der Waals surface area contributed by atoms with E-state index in [-0.39, 0.29) is 0 Å². The van der Waals surface area contributed by atoms with Crippen LogP contribution in [-0.2, 0) is 0 Å². The monoisotopic (exact) mass is 245 g/mol. The Hall–Kier alpha value is -2.04. The minimum Gasteiger partial charge on any atom is -0.497 e. The lowest BCUT2D eigenvalue weighted by Crippen LogP contribution is -1.98. The number of ether oxygens (including phenoxy) is 2. The molecule has 1 saturated carbocycles. The second kappa shape index (κ2) is 4.33. The van der Waals surface area contributed by atoms with Crippen LogP contribution in [0, 0.1) is 0 Å². The van der Waals surface area contributed by atoms with Crippen molar-refractivity contribution in [3.05, 3.63) is 24.5 Å². The van der Waals surface area contributed by atoms with Crippen LogP contribution in [0.1, 0.15) is 18.9 Å². The van der Waals surface area contributed by atoms with Gasteiger partial charge in [0, 0.05) is 6.04 Å². The average molecular weight is 245 g/mol. The molecule has 0 radical (unpaired) electrons. The van der Waals surface area contributed by atoms with Crippen LogP contribution in [0.5, 0.6) is 11.5 Å². The van der Waals surface area contributed by atoms with Crippen molar-refractivity contribution in [2.45, 2.75) is 18.9 Å². The molecule has 0 atom stereocenters. The highest BCUT2D eigenvalue weighted by atomic mass is 16.5. The van der Waals surface area contributed by atoms with Crippen molar-refractivity contribution in [1.82, 2.24) is 14.8 Å². The van der Waals surface area contributed by atoms with E-state index in [1.54, 1.807) is 20.5 Å². The topological polar surface area (TPSA) is 49.2 Å². The maximum Gasteiger partial charge on any atom is 0.167 e. The third-order valence-electron chi connectivity index (χ3n) is 3.16. The quantitative estimate of drug-likeness (QED) is 0.829. The fourth-order valence-electron chi connectivity index (χ4n) is 2.04. The van der Waals surface area contributed by atoms with Crippen LogP contribution < -0.4 is 9.47 Å². The summed E-state index contributed by atoms with van der Waals surface area (Å²) in [5, 5.41) is 8.22. The fraction of sp³-hybridized carbons (Fsp3) is 0.385. The summed E-state index contributed by atoms with van der Waals surface area (Å²) in [5.74, 6) is 2.41. The first-order valence-electron chi connectivity index (χ1n) is 5.95. The Balaban J connectivity index is 2.10. The van der Waals surface area contributed by atoms with Crippen molar-refractivity contribution >= 4 is 0 Å². The van der Waals surface area contributed by atoms with E-state index in [1.807, 2.05) is 18.2 Å². The van der Waals surface area contributed by atoms with E-state index in [9.17, 15) is 0 Å². The van der Waals surface area contributed by atoms with Crippen molar-refractivity contribution in [3.63, 3.8) is 0 Å². The molecule has 0 saturated heterocycles. The van der Waals surface area contributed by atoms with E-state index in [2.05, 4.69) is 14.8 Å². The van der Waals surface area contributed by atoms with Crippen LogP contribution in [0.4, 0.5) is 0 Å². The third-order valence-corrected chi connectivity index (χ3v) is 3.16. The number of benzene rings is 1. The molecule has 1 fully saturated rings. The molecule has 0 unspecified atom stereocenters. The molecule has 1 aliphatic carbocycles. The van der Waals surface area contributed by atoms with Crippen LogP contribution in [-0.4, -0.2) is 29.0 Å². The Morgan fingerprint density at radius 2 is 2.06 bits per heavy atom. The molecule has 18 heavy (non-hydrogen) atoms. The van der Waals surface area contributed by atoms with Crippen LogP contribution in [0.2, 0.25) is 0 Å². The molecule has 1 aromatic heterocycles. The van der Waals surface area contributed by atoms with E-state index >= 15 is 0 Å². The lowest BCUT2D eigenvalue weighted by atomic mass is 10.1. The lowest BCUT2D eigenvalue weighted by Gasteiger charge is -2.11. The standard InChI is InChI=1S/C13H15N3O2/c1-17-10-5-6-12(18-2)11(7-10)13-15-14-8-16(13)9-3-4-9/h5-9H,3-4H2,1-2H3. The summed E-state index contributed by atoms with van der Waals surface area (Å²) < 4.78 is 12.8. The Bertz CT molecular complexity index is 561. The van der Waals surface area contributed by atoms with Crippen LogP contribution in [0.25, 0.3) is 11.4 Å². The summed E-state index contributed by atoms with van der Waals surface area (Å²) in [4.78, 5) is 0. The Labute approximate surface area is 105 Å². The second-order valence-corrected chi connectivity index (χ2v) is 4.36. The number of aromatic nitrogens is 3. The van der Waals surface area contributed by atoms with Gasteiger partial charge in [-0.1, -0.05) is 0 Å². The second-order valence-electron chi connectivity index (χ2n) is 4.36. The molecule has 1 aromatic carbocycles. The Morgan fingerprint density at radius 3 is 2.72 bits per heavy atom. The van der Waals surface area contributed by atoms with Crippen LogP contribution in [0.3, 0.4) is 0 Å². The molecule has 0 aliphatic heterocycles. The van der Waals surface area contributed by atoms with Gasteiger partial charge in [0.25, 0.3) is 0 Å². The van der Waals surface area contributed by atoms with Gasteiger partial charge in [0.1, 0.15) is 17.8 Å². The van der Waals surface area contributed by atoms with Gasteiger partial charge >= 0.3 is 0 Å². The zero-order valence-electron chi connectivity index (χ0n) is 10.5. The zero-order chi connectivity index (χ0) is 12.5. The van der Waals surface area contributed by atoms with Crippen LogP contribution >= 0.6 is 0 Å². The largest absolute Gasteiger partial charge is 0.497 e. The molecular formula is C13H15N3O2. The van der Waals surface area contributed by atoms with E-state index in [4.69, 9.17) is 9.47 Å². The molecular weight excluding hydrogens is 230 g/mol. The number of rotatable bonds is 4. The van der Waals surface area contributed by atoms with E-state index in [1.165, 1.54) is 12.8 Å². The molecule has 5 nitrogen and oxygen atoms in total. The number of nitrogens with zero attached hydrogens (tertiary/aromatic N) is 3. The fourth-order valence-corrected chi connectivity index (χ4v) is 2.04. The van der Waals surface area contributed by atoms with Crippen molar-refractivity contribution in [3.8, 4) is 22.9 Å².